The lowest BCUT2D eigenvalue weighted by atomic mass is 9.90. The highest BCUT2D eigenvalue weighted by Crippen LogP contribution is 2.27. The number of hydrogen-bond acceptors (Lipinski definition) is 4. The van der Waals surface area contributed by atoms with E-state index >= 15 is 0 Å². The van der Waals surface area contributed by atoms with Crippen LogP contribution in [-0.2, 0) is 9.53 Å². The Morgan fingerprint density at radius 2 is 1.81 bits per heavy atom. The van der Waals surface area contributed by atoms with E-state index in [1.807, 2.05) is 0 Å². The number of cyclic esters (lactones) is 1. The summed E-state index contributed by atoms with van der Waals surface area (Å²) in [7, 11) is 0. The van der Waals surface area contributed by atoms with Gasteiger partial charge in [0.05, 0.1) is 12.5 Å². The van der Waals surface area contributed by atoms with Crippen LogP contribution >= 0.6 is 0 Å². The third kappa shape index (κ3) is 4.10. The average molecular weight is 230 g/mol. The van der Waals surface area contributed by atoms with Crippen molar-refractivity contribution < 1.29 is 19.7 Å². The Balaban J connectivity index is 2.09. The summed E-state index contributed by atoms with van der Waals surface area (Å²) >= 11 is 0. The number of hydrogen-bond donors (Lipinski definition) is 2. The second-order valence-electron chi connectivity index (χ2n) is 4.46. The minimum atomic E-state index is -0.144. The summed E-state index contributed by atoms with van der Waals surface area (Å²) in [6.45, 7) is 0.687. The topological polar surface area (TPSA) is 66.8 Å². The van der Waals surface area contributed by atoms with Gasteiger partial charge in [0, 0.05) is 19.1 Å². The molecule has 1 fully saturated rings. The molecule has 4 heteroatoms. The first-order valence-electron chi connectivity index (χ1n) is 6.18. The van der Waals surface area contributed by atoms with E-state index in [2.05, 4.69) is 0 Å². The lowest BCUT2D eigenvalue weighted by Gasteiger charge is -2.11. The van der Waals surface area contributed by atoms with Crippen LogP contribution in [0, 0.1) is 11.8 Å². The number of ether oxygens (including phenoxy) is 1. The summed E-state index contributed by atoms with van der Waals surface area (Å²) in [5.41, 5.74) is 0. The van der Waals surface area contributed by atoms with Gasteiger partial charge < -0.3 is 14.9 Å². The highest BCUT2D eigenvalue weighted by Gasteiger charge is 2.35. The van der Waals surface area contributed by atoms with Crippen LogP contribution in [0.15, 0.2) is 0 Å². The number of aliphatic hydroxyl groups excluding tert-OH is 2. The van der Waals surface area contributed by atoms with Crippen molar-refractivity contribution in [2.75, 3.05) is 19.8 Å². The predicted octanol–water partition coefficient (Wildman–Crippen LogP) is 1.10. The average Bonchev–Trinajstić information content (AvgIpc) is 2.65. The number of aliphatic hydroxyl groups is 2. The summed E-state index contributed by atoms with van der Waals surface area (Å²) in [5.74, 6) is -0.234. The summed E-state index contributed by atoms with van der Waals surface area (Å²) < 4.78 is 4.93. The molecule has 0 amide bonds. The molecule has 1 heterocycles. The molecule has 2 N–H and O–H groups in total. The Labute approximate surface area is 96.6 Å². The van der Waals surface area contributed by atoms with E-state index in [1.54, 1.807) is 0 Å². The fourth-order valence-corrected chi connectivity index (χ4v) is 2.14. The van der Waals surface area contributed by atoms with E-state index in [9.17, 15) is 4.79 Å². The zero-order valence-electron chi connectivity index (χ0n) is 9.73. The smallest absolute Gasteiger partial charge is 0.309 e. The number of carbonyl (C=O) groups excluding carboxylic acids is 1. The number of rotatable bonds is 8. The third-order valence-electron chi connectivity index (χ3n) is 3.22. The Bertz CT molecular complexity index is 205. The number of esters is 1. The van der Waals surface area contributed by atoms with Crippen molar-refractivity contribution in [1.82, 2.24) is 0 Å². The van der Waals surface area contributed by atoms with E-state index in [0.29, 0.717) is 6.61 Å². The van der Waals surface area contributed by atoms with Crippen LogP contribution in [0.25, 0.3) is 0 Å². The van der Waals surface area contributed by atoms with Gasteiger partial charge in [-0.15, -0.1) is 0 Å². The first-order chi connectivity index (χ1) is 7.79. The first-order valence-corrected chi connectivity index (χ1v) is 6.18. The molecule has 0 bridgehead atoms. The van der Waals surface area contributed by atoms with Crippen LogP contribution in [0.2, 0.25) is 0 Å². The van der Waals surface area contributed by atoms with Crippen molar-refractivity contribution in [2.45, 2.75) is 38.5 Å². The molecule has 0 aromatic rings. The molecule has 0 saturated carbocycles. The molecular weight excluding hydrogens is 208 g/mol. The SMILES string of the molecule is O=C1OCC(CO)C1CCCCCCCO. The molecule has 16 heavy (non-hydrogen) atoms. The largest absolute Gasteiger partial charge is 0.465 e. The van der Waals surface area contributed by atoms with E-state index < -0.39 is 0 Å². The molecule has 1 aliphatic rings. The highest BCUT2D eigenvalue weighted by atomic mass is 16.5. The third-order valence-corrected chi connectivity index (χ3v) is 3.22. The standard InChI is InChI=1S/C12H22O4/c13-7-5-3-1-2-4-6-11-10(8-14)9-16-12(11)15/h10-11,13-14H,1-9H2. The van der Waals surface area contributed by atoms with Gasteiger partial charge in [-0.3, -0.25) is 4.79 Å². The second kappa shape index (κ2) is 7.63. The van der Waals surface area contributed by atoms with Gasteiger partial charge in [0.2, 0.25) is 0 Å². The lowest BCUT2D eigenvalue weighted by Crippen LogP contribution is -2.19. The van der Waals surface area contributed by atoms with Crippen LogP contribution in [0.1, 0.15) is 38.5 Å². The second-order valence-corrected chi connectivity index (χ2v) is 4.46. The minimum absolute atomic E-state index is 0.00458. The zero-order chi connectivity index (χ0) is 11.8. The zero-order valence-corrected chi connectivity index (χ0v) is 9.73. The van der Waals surface area contributed by atoms with E-state index in [-0.39, 0.29) is 31.0 Å². The van der Waals surface area contributed by atoms with Gasteiger partial charge in [-0.2, -0.15) is 0 Å². The van der Waals surface area contributed by atoms with Gasteiger partial charge in [0.1, 0.15) is 0 Å². The van der Waals surface area contributed by atoms with Crippen molar-refractivity contribution in [3.05, 3.63) is 0 Å². The van der Waals surface area contributed by atoms with Crippen LogP contribution < -0.4 is 0 Å². The van der Waals surface area contributed by atoms with Crippen molar-refractivity contribution >= 4 is 5.97 Å². The normalized spacial score (nSPS) is 24.8. The van der Waals surface area contributed by atoms with Crippen molar-refractivity contribution in [3.63, 3.8) is 0 Å². The number of carbonyl (C=O) groups is 1. The van der Waals surface area contributed by atoms with Crippen LogP contribution in [0.5, 0.6) is 0 Å². The fraction of sp³-hybridized carbons (Fsp3) is 0.917. The first kappa shape index (κ1) is 13.5. The molecule has 0 spiro atoms. The van der Waals surface area contributed by atoms with E-state index in [4.69, 9.17) is 14.9 Å². The number of unbranched alkanes of at least 4 members (excludes halogenated alkanes) is 4. The van der Waals surface area contributed by atoms with Crippen molar-refractivity contribution in [2.24, 2.45) is 11.8 Å². The van der Waals surface area contributed by atoms with Gasteiger partial charge in [-0.25, -0.2) is 0 Å². The Morgan fingerprint density at radius 1 is 1.12 bits per heavy atom. The summed E-state index contributed by atoms with van der Waals surface area (Å²) in [6, 6.07) is 0. The van der Waals surface area contributed by atoms with Gasteiger partial charge >= 0.3 is 5.97 Å². The molecule has 2 atom stereocenters. The van der Waals surface area contributed by atoms with Gasteiger partial charge in [0.25, 0.3) is 0 Å². The van der Waals surface area contributed by atoms with Gasteiger partial charge in [-0.05, 0) is 12.8 Å². The molecule has 0 radical (unpaired) electrons. The molecule has 4 nitrogen and oxygen atoms in total. The molecule has 1 rings (SSSR count). The molecule has 0 aromatic carbocycles. The molecule has 1 saturated heterocycles. The summed E-state index contributed by atoms with van der Waals surface area (Å²) in [5, 5.41) is 17.7. The summed E-state index contributed by atoms with van der Waals surface area (Å²) in [4.78, 5) is 11.3. The maximum Gasteiger partial charge on any atom is 0.309 e. The van der Waals surface area contributed by atoms with Crippen LogP contribution in [0.3, 0.4) is 0 Å². The molecule has 0 aliphatic carbocycles. The minimum Gasteiger partial charge on any atom is -0.465 e. The molecule has 0 aromatic heterocycles. The van der Waals surface area contributed by atoms with Crippen molar-refractivity contribution in [3.8, 4) is 0 Å². The monoisotopic (exact) mass is 230 g/mol. The Hall–Kier alpha value is -0.610. The lowest BCUT2D eigenvalue weighted by molar-refractivity contribution is -0.141. The van der Waals surface area contributed by atoms with Crippen LogP contribution in [-0.4, -0.2) is 36.0 Å². The maximum atomic E-state index is 11.3. The maximum absolute atomic E-state index is 11.3. The van der Waals surface area contributed by atoms with E-state index in [0.717, 1.165) is 38.5 Å². The quantitative estimate of drug-likeness (QED) is 0.484. The Kier molecular flexibility index (Phi) is 6.42. The van der Waals surface area contributed by atoms with Gasteiger partial charge in [-0.1, -0.05) is 25.7 Å². The highest BCUT2D eigenvalue weighted by molar-refractivity contribution is 5.74. The molecular formula is C12H22O4. The van der Waals surface area contributed by atoms with Crippen molar-refractivity contribution in [1.29, 1.82) is 0 Å². The fourth-order valence-electron chi connectivity index (χ4n) is 2.14. The van der Waals surface area contributed by atoms with E-state index in [1.165, 1.54) is 0 Å². The molecule has 1 aliphatic heterocycles. The summed E-state index contributed by atoms with van der Waals surface area (Å²) in [6.07, 6.45) is 5.93. The Morgan fingerprint density at radius 3 is 2.50 bits per heavy atom. The molecule has 94 valence electrons. The van der Waals surface area contributed by atoms with Crippen LogP contribution in [0.4, 0.5) is 0 Å². The predicted molar refractivity (Wildman–Crippen MR) is 59.8 cm³/mol. The molecule has 2 unspecified atom stereocenters. The van der Waals surface area contributed by atoms with Gasteiger partial charge in [0.15, 0.2) is 0 Å².